The van der Waals surface area contributed by atoms with Gasteiger partial charge in [0.05, 0.1) is 11.3 Å². The first-order valence-corrected chi connectivity index (χ1v) is 6.33. The molecule has 1 heterocycles. The number of aromatic nitrogens is 2. The van der Waals surface area contributed by atoms with Crippen LogP contribution in [0.5, 0.6) is 0 Å². The summed E-state index contributed by atoms with van der Waals surface area (Å²) in [6, 6.07) is 5.01. The molecule has 0 spiro atoms. The summed E-state index contributed by atoms with van der Waals surface area (Å²) in [5.41, 5.74) is 0.616. The van der Waals surface area contributed by atoms with Gasteiger partial charge in [-0.05, 0) is 18.2 Å². The molecule has 0 aliphatic rings. The summed E-state index contributed by atoms with van der Waals surface area (Å²) in [4.78, 5) is 19.3. The van der Waals surface area contributed by atoms with Gasteiger partial charge in [0.2, 0.25) is 0 Å². The van der Waals surface area contributed by atoms with Crippen LogP contribution in [0.1, 0.15) is 35.9 Å². The number of benzene rings is 1. The van der Waals surface area contributed by atoms with Gasteiger partial charge in [0.1, 0.15) is 16.8 Å². The lowest BCUT2D eigenvalue weighted by Crippen LogP contribution is -2.01. The monoisotopic (exact) mass is 294 g/mol. The number of hydrogen-bond acceptors (Lipinski definition) is 3. The summed E-state index contributed by atoms with van der Waals surface area (Å²) in [5.74, 6) is -1.26. The summed E-state index contributed by atoms with van der Waals surface area (Å²) in [6.45, 7) is 3.81. The van der Waals surface area contributed by atoms with Crippen LogP contribution in [0.25, 0.3) is 11.3 Å². The zero-order chi connectivity index (χ0) is 14.9. The van der Waals surface area contributed by atoms with Gasteiger partial charge in [0.15, 0.2) is 0 Å². The van der Waals surface area contributed by atoms with E-state index in [1.165, 1.54) is 18.2 Å². The lowest BCUT2D eigenvalue weighted by molar-refractivity contribution is 0.0696. The SMILES string of the molecule is CC(C)c1nc(Cl)cc(-c2cc(F)cc(C(=O)O)c2)n1. The fourth-order valence-corrected chi connectivity index (χ4v) is 1.89. The van der Waals surface area contributed by atoms with Crippen LogP contribution in [0, 0.1) is 5.82 Å². The van der Waals surface area contributed by atoms with Crippen molar-refractivity contribution in [2.24, 2.45) is 0 Å². The van der Waals surface area contributed by atoms with Crippen molar-refractivity contribution in [3.63, 3.8) is 0 Å². The Morgan fingerprint density at radius 3 is 2.55 bits per heavy atom. The van der Waals surface area contributed by atoms with E-state index in [-0.39, 0.29) is 16.6 Å². The highest BCUT2D eigenvalue weighted by molar-refractivity contribution is 6.29. The summed E-state index contributed by atoms with van der Waals surface area (Å²) < 4.78 is 13.5. The van der Waals surface area contributed by atoms with Crippen molar-refractivity contribution >= 4 is 17.6 Å². The minimum absolute atomic E-state index is 0.0555. The maximum absolute atomic E-state index is 13.5. The van der Waals surface area contributed by atoms with E-state index in [0.717, 1.165) is 6.07 Å². The van der Waals surface area contributed by atoms with Crippen molar-refractivity contribution in [1.82, 2.24) is 9.97 Å². The molecule has 20 heavy (non-hydrogen) atoms. The third kappa shape index (κ3) is 3.11. The van der Waals surface area contributed by atoms with E-state index in [0.29, 0.717) is 17.1 Å². The summed E-state index contributed by atoms with van der Waals surface area (Å²) in [7, 11) is 0. The molecule has 0 aliphatic heterocycles. The van der Waals surface area contributed by atoms with Crippen LogP contribution >= 0.6 is 11.6 Å². The van der Waals surface area contributed by atoms with Crippen LogP contribution in [-0.4, -0.2) is 21.0 Å². The number of carboxylic acid groups (broad SMARTS) is 1. The van der Waals surface area contributed by atoms with Gasteiger partial charge in [-0.15, -0.1) is 0 Å². The standard InChI is InChI=1S/C14H12ClFN2O2/c1-7(2)13-17-11(6-12(15)18-13)8-3-9(14(19)20)5-10(16)4-8/h3-7H,1-2H3,(H,19,20). The Balaban J connectivity index is 2.59. The first-order valence-electron chi connectivity index (χ1n) is 5.95. The average molecular weight is 295 g/mol. The largest absolute Gasteiger partial charge is 0.478 e. The second-order valence-corrected chi connectivity index (χ2v) is 5.01. The highest BCUT2D eigenvalue weighted by Crippen LogP contribution is 2.24. The molecule has 0 bridgehead atoms. The molecule has 0 saturated carbocycles. The van der Waals surface area contributed by atoms with Gasteiger partial charge in [-0.3, -0.25) is 0 Å². The van der Waals surface area contributed by atoms with Crippen LogP contribution in [0.4, 0.5) is 4.39 Å². The van der Waals surface area contributed by atoms with E-state index in [4.69, 9.17) is 16.7 Å². The van der Waals surface area contributed by atoms with E-state index in [1.54, 1.807) is 0 Å². The van der Waals surface area contributed by atoms with Gasteiger partial charge in [-0.1, -0.05) is 25.4 Å². The van der Waals surface area contributed by atoms with Gasteiger partial charge in [0, 0.05) is 17.5 Å². The third-order valence-electron chi connectivity index (χ3n) is 2.67. The van der Waals surface area contributed by atoms with E-state index >= 15 is 0 Å². The molecule has 1 N–H and O–H groups in total. The Bertz CT molecular complexity index is 674. The molecule has 1 aromatic carbocycles. The first kappa shape index (κ1) is 14.4. The number of carboxylic acids is 1. The summed E-state index contributed by atoms with van der Waals surface area (Å²) in [5, 5.41) is 9.19. The molecule has 0 atom stereocenters. The van der Waals surface area contributed by atoms with Crippen LogP contribution in [0.2, 0.25) is 5.15 Å². The Labute approximate surface area is 120 Å². The summed E-state index contributed by atoms with van der Waals surface area (Å²) >= 11 is 5.92. The molecule has 4 nitrogen and oxygen atoms in total. The Kier molecular flexibility index (Phi) is 3.99. The van der Waals surface area contributed by atoms with E-state index in [2.05, 4.69) is 9.97 Å². The number of nitrogens with zero attached hydrogens (tertiary/aromatic N) is 2. The smallest absolute Gasteiger partial charge is 0.335 e. The fraction of sp³-hybridized carbons (Fsp3) is 0.214. The number of halogens is 2. The van der Waals surface area contributed by atoms with Crippen molar-refractivity contribution < 1.29 is 14.3 Å². The molecular formula is C14H12ClFN2O2. The minimum atomic E-state index is -1.20. The van der Waals surface area contributed by atoms with Gasteiger partial charge in [0.25, 0.3) is 0 Å². The van der Waals surface area contributed by atoms with Crippen molar-refractivity contribution in [3.8, 4) is 11.3 Å². The van der Waals surface area contributed by atoms with Crippen LogP contribution < -0.4 is 0 Å². The van der Waals surface area contributed by atoms with E-state index in [1.807, 2.05) is 13.8 Å². The predicted molar refractivity (Wildman–Crippen MR) is 73.5 cm³/mol. The average Bonchev–Trinajstić information content (AvgIpc) is 2.37. The maximum atomic E-state index is 13.5. The zero-order valence-corrected chi connectivity index (χ0v) is 11.6. The number of aromatic carboxylic acids is 1. The predicted octanol–water partition coefficient (Wildman–Crippen LogP) is 3.76. The first-order chi connectivity index (χ1) is 9.36. The molecule has 2 aromatic rings. The van der Waals surface area contributed by atoms with Crippen molar-refractivity contribution in [2.75, 3.05) is 0 Å². The molecular weight excluding hydrogens is 283 g/mol. The number of rotatable bonds is 3. The molecule has 0 saturated heterocycles. The van der Waals surface area contributed by atoms with E-state index in [9.17, 15) is 9.18 Å². The summed E-state index contributed by atoms with van der Waals surface area (Å²) in [6.07, 6.45) is 0. The van der Waals surface area contributed by atoms with Crippen molar-refractivity contribution in [2.45, 2.75) is 19.8 Å². The minimum Gasteiger partial charge on any atom is -0.478 e. The lowest BCUT2D eigenvalue weighted by Gasteiger charge is -2.08. The van der Waals surface area contributed by atoms with Crippen molar-refractivity contribution in [1.29, 1.82) is 0 Å². The highest BCUT2D eigenvalue weighted by Gasteiger charge is 2.12. The number of hydrogen-bond donors (Lipinski definition) is 1. The number of carbonyl (C=O) groups is 1. The molecule has 0 aliphatic carbocycles. The second-order valence-electron chi connectivity index (χ2n) is 4.62. The van der Waals surface area contributed by atoms with Gasteiger partial charge in [-0.25, -0.2) is 19.2 Å². The fourth-order valence-electron chi connectivity index (χ4n) is 1.70. The molecule has 0 radical (unpaired) electrons. The van der Waals surface area contributed by atoms with Crippen LogP contribution in [0.3, 0.4) is 0 Å². The topological polar surface area (TPSA) is 63.1 Å². The van der Waals surface area contributed by atoms with Crippen LogP contribution in [0.15, 0.2) is 24.3 Å². The zero-order valence-electron chi connectivity index (χ0n) is 10.9. The normalized spacial score (nSPS) is 10.8. The second kappa shape index (κ2) is 5.54. The lowest BCUT2D eigenvalue weighted by atomic mass is 10.1. The van der Waals surface area contributed by atoms with Crippen LogP contribution in [-0.2, 0) is 0 Å². The Hall–Kier alpha value is -2.01. The van der Waals surface area contributed by atoms with Gasteiger partial charge < -0.3 is 5.11 Å². The Morgan fingerprint density at radius 2 is 1.95 bits per heavy atom. The molecule has 1 aromatic heterocycles. The molecule has 6 heteroatoms. The van der Waals surface area contributed by atoms with Gasteiger partial charge in [-0.2, -0.15) is 0 Å². The molecule has 0 fully saturated rings. The molecule has 0 unspecified atom stereocenters. The van der Waals surface area contributed by atoms with Gasteiger partial charge >= 0.3 is 5.97 Å². The molecule has 0 amide bonds. The highest BCUT2D eigenvalue weighted by atomic mass is 35.5. The maximum Gasteiger partial charge on any atom is 0.335 e. The quantitative estimate of drug-likeness (QED) is 0.876. The molecule has 104 valence electrons. The van der Waals surface area contributed by atoms with E-state index < -0.39 is 11.8 Å². The van der Waals surface area contributed by atoms with Crippen molar-refractivity contribution in [3.05, 3.63) is 46.6 Å². The Morgan fingerprint density at radius 1 is 1.25 bits per heavy atom. The third-order valence-corrected chi connectivity index (χ3v) is 2.86. The molecule has 2 rings (SSSR count).